The van der Waals surface area contributed by atoms with Crippen LogP contribution in [0.3, 0.4) is 0 Å². The molecular formula is C4H5F3N2. The minimum absolute atomic E-state index is 0.231. The molecule has 5 heteroatoms. The molecule has 52 valence electrons. The highest BCUT2D eigenvalue weighted by molar-refractivity contribution is 5.10. The van der Waals surface area contributed by atoms with E-state index in [4.69, 9.17) is 0 Å². The average Bonchev–Trinajstić information content (AvgIpc) is 2.08. The molecule has 0 aliphatic carbocycles. The zero-order valence-corrected chi connectivity index (χ0v) is 4.42. The first-order valence-electron chi connectivity index (χ1n) is 2.37. The molecule has 1 aliphatic heterocycles. The molecule has 1 heterocycles. The summed E-state index contributed by atoms with van der Waals surface area (Å²) in [5, 5.41) is 0. The predicted molar refractivity (Wildman–Crippen MR) is 25.3 cm³/mol. The average molecular weight is 138 g/mol. The van der Waals surface area contributed by atoms with Gasteiger partial charge in [0, 0.05) is 6.54 Å². The molecule has 0 radical (unpaired) electrons. The topological polar surface area (TPSA) is 24.1 Å². The Hall–Kier alpha value is -0.710. The van der Waals surface area contributed by atoms with Gasteiger partial charge in [-0.3, -0.25) is 0 Å². The highest BCUT2D eigenvalue weighted by Crippen LogP contribution is 2.23. The second-order valence-corrected chi connectivity index (χ2v) is 1.62. The van der Waals surface area contributed by atoms with E-state index < -0.39 is 11.9 Å². The lowest BCUT2D eigenvalue weighted by molar-refractivity contribution is -0.0965. The van der Waals surface area contributed by atoms with Crippen molar-refractivity contribution in [1.82, 2.24) is 10.9 Å². The molecule has 0 saturated carbocycles. The van der Waals surface area contributed by atoms with Crippen molar-refractivity contribution in [3.05, 3.63) is 11.8 Å². The van der Waals surface area contributed by atoms with Crippen LogP contribution in [0.5, 0.6) is 0 Å². The van der Waals surface area contributed by atoms with Crippen LogP contribution < -0.4 is 10.9 Å². The second-order valence-electron chi connectivity index (χ2n) is 1.62. The standard InChI is InChI=1S/C4H5F3N2/c5-4(6,7)3-1-2-8-9-3/h1,8-9H,2H2. The minimum Gasteiger partial charge on any atom is -0.317 e. The van der Waals surface area contributed by atoms with Crippen LogP contribution in [0.15, 0.2) is 11.8 Å². The van der Waals surface area contributed by atoms with Crippen molar-refractivity contribution in [3.8, 4) is 0 Å². The first-order chi connectivity index (χ1) is 4.11. The lowest BCUT2D eigenvalue weighted by Crippen LogP contribution is -2.30. The lowest BCUT2D eigenvalue weighted by Gasteiger charge is -2.06. The van der Waals surface area contributed by atoms with Crippen LogP contribution >= 0.6 is 0 Å². The molecule has 0 atom stereocenters. The van der Waals surface area contributed by atoms with Gasteiger partial charge in [-0.1, -0.05) is 0 Å². The van der Waals surface area contributed by atoms with Gasteiger partial charge in [0.25, 0.3) is 0 Å². The fourth-order valence-corrected chi connectivity index (χ4v) is 0.537. The number of allylic oxidation sites excluding steroid dienone is 1. The van der Waals surface area contributed by atoms with Crippen LogP contribution in [0.4, 0.5) is 13.2 Å². The van der Waals surface area contributed by atoms with Gasteiger partial charge in [0.2, 0.25) is 0 Å². The van der Waals surface area contributed by atoms with Crippen LogP contribution in [0.25, 0.3) is 0 Å². The largest absolute Gasteiger partial charge is 0.431 e. The van der Waals surface area contributed by atoms with Crippen molar-refractivity contribution in [3.63, 3.8) is 0 Å². The predicted octanol–water partition coefficient (Wildman–Crippen LogP) is 0.540. The Bertz CT molecular complexity index is 137. The Morgan fingerprint density at radius 3 is 2.33 bits per heavy atom. The molecule has 0 unspecified atom stereocenters. The van der Waals surface area contributed by atoms with Gasteiger partial charge in [0.05, 0.1) is 0 Å². The fraction of sp³-hybridized carbons (Fsp3) is 0.500. The molecule has 0 aromatic rings. The Morgan fingerprint density at radius 1 is 1.44 bits per heavy atom. The number of rotatable bonds is 0. The van der Waals surface area contributed by atoms with Crippen molar-refractivity contribution in [1.29, 1.82) is 0 Å². The van der Waals surface area contributed by atoms with Gasteiger partial charge >= 0.3 is 6.18 Å². The number of halogens is 3. The SMILES string of the molecule is FC(F)(F)C1=CCNN1. The fourth-order valence-electron chi connectivity index (χ4n) is 0.537. The summed E-state index contributed by atoms with van der Waals surface area (Å²) in [6, 6.07) is 0. The number of hydrogen-bond donors (Lipinski definition) is 2. The molecule has 2 N–H and O–H groups in total. The molecule has 0 aromatic carbocycles. The molecule has 0 spiro atoms. The summed E-state index contributed by atoms with van der Waals surface area (Å²) in [5.41, 5.74) is 3.59. The Balaban J connectivity index is 2.61. The zero-order chi connectivity index (χ0) is 6.91. The number of alkyl halides is 3. The first-order valence-corrected chi connectivity index (χ1v) is 2.37. The molecule has 2 nitrogen and oxygen atoms in total. The third-order valence-electron chi connectivity index (χ3n) is 0.937. The highest BCUT2D eigenvalue weighted by atomic mass is 19.4. The number of hydrazine groups is 1. The third-order valence-corrected chi connectivity index (χ3v) is 0.937. The van der Waals surface area contributed by atoms with E-state index >= 15 is 0 Å². The van der Waals surface area contributed by atoms with Crippen LogP contribution in [-0.4, -0.2) is 12.7 Å². The lowest BCUT2D eigenvalue weighted by atomic mass is 10.4. The van der Waals surface area contributed by atoms with E-state index in [2.05, 4.69) is 5.43 Å². The highest BCUT2D eigenvalue weighted by Gasteiger charge is 2.34. The van der Waals surface area contributed by atoms with Gasteiger partial charge in [-0.25, -0.2) is 5.43 Å². The molecular weight excluding hydrogens is 133 g/mol. The zero-order valence-electron chi connectivity index (χ0n) is 4.42. The quantitative estimate of drug-likeness (QED) is 0.510. The monoisotopic (exact) mass is 138 g/mol. The molecule has 0 fully saturated rings. The normalized spacial score (nSPS) is 19.2. The van der Waals surface area contributed by atoms with Gasteiger partial charge in [-0.15, -0.1) is 0 Å². The van der Waals surface area contributed by atoms with Crippen LogP contribution in [-0.2, 0) is 0 Å². The van der Waals surface area contributed by atoms with E-state index in [1.54, 1.807) is 0 Å². The summed E-state index contributed by atoms with van der Waals surface area (Å²) in [7, 11) is 0. The molecule has 9 heavy (non-hydrogen) atoms. The van der Waals surface area contributed by atoms with Crippen molar-refractivity contribution in [2.24, 2.45) is 0 Å². The van der Waals surface area contributed by atoms with E-state index in [1.807, 2.05) is 5.43 Å². The van der Waals surface area contributed by atoms with E-state index in [1.165, 1.54) is 0 Å². The molecule has 1 aliphatic rings. The maximum atomic E-state index is 11.6. The Labute approximate surface area is 49.7 Å². The molecule has 0 aromatic heterocycles. The van der Waals surface area contributed by atoms with Gasteiger partial charge in [-0.2, -0.15) is 13.2 Å². The van der Waals surface area contributed by atoms with E-state index in [0.717, 1.165) is 6.08 Å². The number of nitrogens with one attached hydrogen (secondary N) is 2. The Kier molecular flexibility index (Phi) is 1.36. The van der Waals surface area contributed by atoms with Crippen molar-refractivity contribution < 1.29 is 13.2 Å². The van der Waals surface area contributed by atoms with Crippen LogP contribution in [0, 0.1) is 0 Å². The summed E-state index contributed by atoms with van der Waals surface area (Å²) >= 11 is 0. The molecule has 0 bridgehead atoms. The van der Waals surface area contributed by atoms with Crippen molar-refractivity contribution >= 4 is 0 Å². The van der Waals surface area contributed by atoms with Crippen molar-refractivity contribution in [2.75, 3.05) is 6.54 Å². The summed E-state index contributed by atoms with van der Waals surface area (Å²) in [5.74, 6) is 0. The third kappa shape index (κ3) is 1.35. The minimum atomic E-state index is -4.23. The first kappa shape index (κ1) is 6.41. The maximum Gasteiger partial charge on any atom is 0.431 e. The van der Waals surface area contributed by atoms with Gasteiger partial charge in [0.1, 0.15) is 5.70 Å². The van der Waals surface area contributed by atoms with Crippen molar-refractivity contribution in [2.45, 2.75) is 6.18 Å². The Morgan fingerprint density at radius 2 is 2.11 bits per heavy atom. The summed E-state index contributed by atoms with van der Waals surface area (Å²) in [6.07, 6.45) is -3.18. The molecule has 1 rings (SSSR count). The molecule has 0 saturated heterocycles. The summed E-state index contributed by atoms with van der Waals surface area (Å²) in [4.78, 5) is 0. The van der Waals surface area contributed by atoms with E-state index in [-0.39, 0.29) is 6.54 Å². The van der Waals surface area contributed by atoms with Crippen LogP contribution in [0.2, 0.25) is 0 Å². The smallest absolute Gasteiger partial charge is 0.317 e. The van der Waals surface area contributed by atoms with E-state index in [9.17, 15) is 13.2 Å². The van der Waals surface area contributed by atoms with Gasteiger partial charge < -0.3 is 5.43 Å². The maximum absolute atomic E-state index is 11.6. The van der Waals surface area contributed by atoms with Gasteiger partial charge in [-0.05, 0) is 6.08 Å². The van der Waals surface area contributed by atoms with E-state index in [0.29, 0.717) is 0 Å². The number of hydrogen-bond acceptors (Lipinski definition) is 2. The molecule has 0 amide bonds. The van der Waals surface area contributed by atoms with Crippen LogP contribution in [0.1, 0.15) is 0 Å². The summed E-state index contributed by atoms with van der Waals surface area (Å²) < 4.78 is 34.8. The van der Waals surface area contributed by atoms with Gasteiger partial charge in [0.15, 0.2) is 0 Å². The second kappa shape index (κ2) is 1.91. The summed E-state index contributed by atoms with van der Waals surface area (Å²) in [6.45, 7) is 0.231.